The molecule has 1 heterocycles. The van der Waals surface area contributed by atoms with Gasteiger partial charge >= 0.3 is 5.69 Å². The number of ether oxygens (including phenoxy) is 3. The van der Waals surface area contributed by atoms with Crippen LogP contribution in [0.3, 0.4) is 0 Å². The van der Waals surface area contributed by atoms with Crippen molar-refractivity contribution in [2.24, 2.45) is 5.92 Å². The number of carbonyl (C=O) groups excluding carboxylic acids is 1. The van der Waals surface area contributed by atoms with Gasteiger partial charge in [-0.2, -0.15) is 0 Å². The van der Waals surface area contributed by atoms with E-state index >= 15 is 0 Å². The molecule has 0 atom stereocenters. The molecule has 2 aromatic rings. The topological polar surface area (TPSA) is 172 Å². The smallest absolute Gasteiger partial charge is 0.330 e. The molecule has 0 aliphatic rings. The first-order valence-electron chi connectivity index (χ1n) is 10.5. The van der Waals surface area contributed by atoms with Crippen LogP contribution in [-0.4, -0.2) is 54.4 Å². The minimum absolute atomic E-state index is 0.00157. The Kier molecular flexibility index (Phi) is 8.78. The van der Waals surface area contributed by atoms with Crippen molar-refractivity contribution in [2.75, 3.05) is 44.6 Å². The summed E-state index contributed by atoms with van der Waals surface area (Å²) < 4.78 is 16.8. The molecule has 0 saturated carbocycles. The maximum atomic E-state index is 13.6. The zero-order valence-corrected chi connectivity index (χ0v) is 19.7. The molecule has 13 heteroatoms. The first-order valence-corrected chi connectivity index (χ1v) is 10.5. The number of methoxy groups -OCH3 is 2. The quantitative estimate of drug-likeness (QED) is 0.357. The van der Waals surface area contributed by atoms with Crippen LogP contribution in [0.15, 0.2) is 21.7 Å². The van der Waals surface area contributed by atoms with Crippen LogP contribution in [0.4, 0.5) is 17.2 Å². The van der Waals surface area contributed by atoms with E-state index in [0.29, 0.717) is 0 Å². The van der Waals surface area contributed by atoms with Crippen LogP contribution in [0, 0.1) is 16.0 Å². The summed E-state index contributed by atoms with van der Waals surface area (Å²) in [5.41, 5.74) is 3.31. The van der Waals surface area contributed by atoms with E-state index in [0.717, 1.165) is 15.5 Å². The van der Waals surface area contributed by atoms with Gasteiger partial charge in [-0.3, -0.25) is 34.2 Å². The maximum Gasteiger partial charge on any atom is 0.330 e. The van der Waals surface area contributed by atoms with Crippen molar-refractivity contribution >= 4 is 23.1 Å². The number of hydrogen-bond acceptors (Lipinski definition) is 9. The number of hydrogen-bond donors (Lipinski definition) is 2. The van der Waals surface area contributed by atoms with Gasteiger partial charge in [-0.15, -0.1) is 0 Å². The summed E-state index contributed by atoms with van der Waals surface area (Å²) in [6, 6.07) is 2.25. The largest absolute Gasteiger partial charge is 0.493 e. The summed E-state index contributed by atoms with van der Waals surface area (Å²) >= 11 is 0. The molecule has 1 aromatic carbocycles. The van der Waals surface area contributed by atoms with Gasteiger partial charge in [-0.05, 0) is 12.8 Å². The molecular formula is C21H29N5O8. The molecule has 1 aromatic heterocycles. The molecule has 34 heavy (non-hydrogen) atoms. The number of benzene rings is 1. The zero-order valence-electron chi connectivity index (χ0n) is 19.7. The molecule has 186 valence electrons. The van der Waals surface area contributed by atoms with E-state index in [2.05, 4.69) is 4.98 Å². The third kappa shape index (κ3) is 5.54. The lowest BCUT2D eigenvalue weighted by atomic mass is 10.1. The average molecular weight is 479 g/mol. The van der Waals surface area contributed by atoms with Crippen LogP contribution < -0.4 is 31.4 Å². The molecule has 0 fully saturated rings. The second-order valence-corrected chi connectivity index (χ2v) is 7.66. The third-order valence-corrected chi connectivity index (χ3v) is 4.80. The summed E-state index contributed by atoms with van der Waals surface area (Å²) in [4.78, 5) is 52.9. The molecule has 0 aliphatic carbocycles. The molecule has 2 rings (SSSR count). The number of nitrogens with one attached hydrogen (secondary N) is 1. The normalized spacial score (nSPS) is 10.9. The van der Waals surface area contributed by atoms with E-state index in [1.807, 2.05) is 13.8 Å². The van der Waals surface area contributed by atoms with Crippen molar-refractivity contribution in [3.05, 3.63) is 48.6 Å². The SMILES string of the molecule is CCOc1cc(C(=O)N(CCOC)c2c(N)n(CC(C)C)c(=O)[nH]c2=O)c([N+](=O)[O-])cc1OC. The van der Waals surface area contributed by atoms with Crippen LogP contribution in [0.25, 0.3) is 0 Å². The van der Waals surface area contributed by atoms with Crippen molar-refractivity contribution in [1.29, 1.82) is 0 Å². The number of rotatable bonds is 11. The van der Waals surface area contributed by atoms with Crippen LogP contribution >= 0.6 is 0 Å². The fourth-order valence-corrected chi connectivity index (χ4v) is 3.33. The number of nitro groups is 1. The third-order valence-electron chi connectivity index (χ3n) is 4.80. The Balaban J connectivity index is 2.78. The molecule has 0 spiro atoms. The number of nitrogen functional groups attached to an aromatic ring is 1. The highest BCUT2D eigenvalue weighted by molar-refractivity contribution is 6.10. The second-order valence-electron chi connectivity index (χ2n) is 7.66. The number of nitrogens with zero attached hydrogens (tertiary/aromatic N) is 3. The van der Waals surface area contributed by atoms with Crippen molar-refractivity contribution in [3.8, 4) is 11.5 Å². The van der Waals surface area contributed by atoms with Gasteiger partial charge in [0.1, 0.15) is 11.4 Å². The van der Waals surface area contributed by atoms with Crippen LogP contribution in [0.1, 0.15) is 31.1 Å². The molecule has 1 amide bonds. The summed E-state index contributed by atoms with van der Waals surface area (Å²) in [5.74, 6) is -0.973. The summed E-state index contributed by atoms with van der Waals surface area (Å²) in [6.45, 7) is 5.60. The Labute approximate surface area is 195 Å². The number of nitro benzene ring substituents is 1. The van der Waals surface area contributed by atoms with Crippen LogP contribution in [-0.2, 0) is 11.3 Å². The first kappa shape index (κ1) is 26.4. The standard InChI is InChI=1S/C21H29N5O8/c1-6-34-16-9-13(14(26(30)31)10-15(16)33-5)20(28)24(7-8-32-4)17-18(22)25(11-12(2)3)21(29)23-19(17)27/h9-10,12H,6-8,11,22H2,1-5H3,(H,23,27,29). The summed E-state index contributed by atoms with van der Waals surface area (Å²) in [7, 11) is 2.70. The van der Waals surface area contributed by atoms with Gasteiger partial charge in [0.15, 0.2) is 17.2 Å². The number of anilines is 2. The van der Waals surface area contributed by atoms with Crippen molar-refractivity contribution in [2.45, 2.75) is 27.3 Å². The first-order chi connectivity index (χ1) is 16.1. The maximum absolute atomic E-state index is 13.6. The minimum atomic E-state index is -0.909. The number of aromatic nitrogens is 2. The molecule has 0 radical (unpaired) electrons. The minimum Gasteiger partial charge on any atom is -0.493 e. The molecule has 0 bridgehead atoms. The van der Waals surface area contributed by atoms with Gasteiger partial charge in [0.05, 0.1) is 31.3 Å². The van der Waals surface area contributed by atoms with E-state index in [4.69, 9.17) is 19.9 Å². The van der Waals surface area contributed by atoms with Crippen molar-refractivity contribution in [1.82, 2.24) is 9.55 Å². The highest BCUT2D eigenvalue weighted by Crippen LogP contribution is 2.36. The number of nitrogens with two attached hydrogens (primary N) is 1. The average Bonchev–Trinajstić information content (AvgIpc) is 2.77. The summed E-state index contributed by atoms with van der Waals surface area (Å²) in [6.07, 6.45) is 0. The predicted molar refractivity (Wildman–Crippen MR) is 125 cm³/mol. The van der Waals surface area contributed by atoms with Gasteiger partial charge < -0.3 is 19.9 Å². The highest BCUT2D eigenvalue weighted by Gasteiger charge is 2.32. The Hall–Kier alpha value is -3.87. The summed E-state index contributed by atoms with van der Waals surface area (Å²) in [5, 5.41) is 11.8. The number of amides is 1. The fourth-order valence-electron chi connectivity index (χ4n) is 3.33. The van der Waals surface area contributed by atoms with Crippen molar-refractivity contribution < 1.29 is 23.9 Å². The van der Waals surface area contributed by atoms with E-state index in [-0.39, 0.29) is 60.8 Å². The molecule has 13 nitrogen and oxygen atoms in total. The Morgan fingerprint density at radius 2 is 1.94 bits per heavy atom. The van der Waals surface area contributed by atoms with Crippen LogP contribution in [0.5, 0.6) is 11.5 Å². The van der Waals surface area contributed by atoms with Gasteiger partial charge in [-0.1, -0.05) is 13.8 Å². The predicted octanol–water partition coefficient (Wildman–Crippen LogP) is 1.38. The molecule has 0 unspecified atom stereocenters. The monoisotopic (exact) mass is 479 g/mol. The lowest BCUT2D eigenvalue weighted by Crippen LogP contribution is -2.43. The Bertz CT molecular complexity index is 1170. The van der Waals surface area contributed by atoms with E-state index < -0.39 is 27.8 Å². The molecule has 0 saturated heterocycles. The molecule has 0 aliphatic heterocycles. The lowest BCUT2D eigenvalue weighted by molar-refractivity contribution is -0.385. The number of H-pyrrole nitrogens is 1. The number of aromatic amines is 1. The Morgan fingerprint density at radius 3 is 2.47 bits per heavy atom. The van der Waals surface area contributed by atoms with Crippen LogP contribution in [0.2, 0.25) is 0 Å². The molecule has 3 N–H and O–H groups in total. The molecular weight excluding hydrogens is 450 g/mol. The van der Waals surface area contributed by atoms with E-state index in [9.17, 15) is 24.5 Å². The van der Waals surface area contributed by atoms with Gasteiger partial charge in [-0.25, -0.2) is 4.79 Å². The zero-order chi connectivity index (χ0) is 25.6. The fraction of sp³-hybridized carbons (Fsp3) is 0.476. The lowest BCUT2D eigenvalue weighted by Gasteiger charge is -2.25. The van der Waals surface area contributed by atoms with E-state index in [1.54, 1.807) is 6.92 Å². The Morgan fingerprint density at radius 1 is 1.26 bits per heavy atom. The van der Waals surface area contributed by atoms with Gasteiger partial charge in [0, 0.05) is 26.3 Å². The van der Waals surface area contributed by atoms with E-state index in [1.165, 1.54) is 20.3 Å². The highest BCUT2D eigenvalue weighted by atomic mass is 16.6. The van der Waals surface area contributed by atoms with Gasteiger partial charge in [0.25, 0.3) is 17.2 Å². The van der Waals surface area contributed by atoms with Gasteiger partial charge in [0.2, 0.25) is 0 Å². The second kappa shape index (κ2) is 11.3. The number of carbonyl (C=O) groups is 1. The van der Waals surface area contributed by atoms with Crippen molar-refractivity contribution in [3.63, 3.8) is 0 Å².